The minimum absolute atomic E-state index is 0. The van der Waals surface area contributed by atoms with Crippen LogP contribution in [-0.4, -0.2) is 56.3 Å². The summed E-state index contributed by atoms with van der Waals surface area (Å²) in [6, 6.07) is 36.1. The maximum Gasteiger partial charge on any atom is 1.00 e. The van der Waals surface area contributed by atoms with Crippen LogP contribution in [0.15, 0.2) is 121 Å². The Morgan fingerprint density at radius 2 is 1.07 bits per heavy atom. The van der Waals surface area contributed by atoms with Gasteiger partial charge in [-0.2, -0.15) is 0 Å². The quantitative estimate of drug-likeness (QED) is 0.0858. The molecular weight excluding hydrogens is 623 g/mol. The maximum atomic E-state index is 12.8. The third-order valence-electron chi connectivity index (χ3n) is 7.04. The van der Waals surface area contributed by atoms with E-state index in [0.717, 1.165) is 16.7 Å². The van der Waals surface area contributed by atoms with Crippen LogP contribution >= 0.6 is 0 Å². The van der Waals surface area contributed by atoms with Gasteiger partial charge >= 0.3 is 35.5 Å². The van der Waals surface area contributed by atoms with Crippen LogP contribution in [0.3, 0.4) is 0 Å². The molecule has 46 heavy (non-hydrogen) atoms. The van der Waals surface area contributed by atoms with Crippen molar-refractivity contribution in [3.05, 3.63) is 144 Å². The largest absolute Gasteiger partial charge is 1.00 e. The fraction of sp³-hybridized carbons (Fsp3) is 0.265. The first-order chi connectivity index (χ1) is 21.9. The molecular formula is C34H33NaO10S. The van der Waals surface area contributed by atoms with E-state index in [9.17, 15) is 17.8 Å². The van der Waals surface area contributed by atoms with Crippen LogP contribution in [0.2, 0.25) is 0 Å². The van der Waals surface area contributed by atoms with Gasteiger partial charge in [-0.15, -0.1) is 0 Å². The molecule has 5 rings (SSSR count). The minimum atomic E-state index is -5.27. The van der Waals surface area contributed by atoms with Gasteiger partial charge in [0.2, 0.25) is 10.4 Å². The Hall–Kier alpha value is -2.94. The van der Waals surface area contributed by atoms with Gasteiger partial charge in [-0.1, -0.05) is 109 Å². The van der Waals surface area contributed by atoms with Gasteiger partial charge in [0, 0.05) is 0 Å². The van der Waals surface area contributed by atoms with Crippen molar-refractivity contribution >= 4 is 16.4 Å². The average molecular weight is 657 g/mol. The molecule has 10 nitrogen and oxygen atoms in total. The summed E-state index contributed by atoms with van der Waals surface area (Å²) in [6.45, 7) is -0.229. The van der Waals surface area contributed by atoms with Crippen molar-refractivity contribution in [2.45, 2.75) is 50.5 Å². The number of carbonyl (C=O) groups excluding carboxylic acids is 1. The van der Waals surface area contributed by atoms with E-state index in [0.29, 0.717) is 0 Å². The molecule has 1 aliphatic heterocycles. The van der Waals surface area contributed by atoms with Gasteiger partial charge in [-0.3, -0.25) is 4.18 Å². The van der Waals surface area contributed by atoms with Gasteiger partial charge < -0.3 is 28.2 Å². The van der Waals surface area contributed by atoms with E-state index in [1.807, 2.05) is 91.0 Å². The standard InChI is InChI=1S/C34H34O10S.Na/c35-33(28-19-11-4-12-20-28)41-24-29-30(44-45(36,37)38)31(39-21-25-13-5-1-6-14-25)32(40-22-26-15-7-2-8-16-26)34(43-29)42-23-27-17-9-3-10-18-27;/h1-20,29-32,34H,21-24H2,(H,36,37,38);/q;+1/p-1/t29-,30+,31+,32-,34-;/m1./s1. The third kappa shape index (κ3) is 10.8. The van der Waals surface area contributed by atoms with Crippen LogP contribution in [0.1, 0.15) is 27.0 Å². The maximum absolute atomic E-state index is 12.8. The second-order valence-corrected chi connectivity index (χ2v) is 11.3. The van der Waals surface area contributed by atoms with E-state index in [1.54, 1.807) is 30.3 Å². The summed E-state index contributed by atoms with van der Waals surface area (Å²) in [5.74, 6) is -0.672. The van der Waals surface area contributed by atoms with Gasteiger partial charge in [0.05, 0.1) is 25.4 Å². The molecule has 5 atom stereocenters. The summed E-state index contributed by atoms with van der Waals surface area (Å²) in [4.78, 5) is 12.8. The van der Waals surface area contributed by atoms with Crippen molar-refractivity contribution in [3.63, 3.8) is 0 Å². The number of esters is 1. The van der Waals surface area contributed by atoms with E-state index in [-0.39, 0.29) is 54.9 Å². The average Bonchev–Trinajstić information content (AvgIpc) is 3.06. The Bertz CT molecular complexity index is 1580. The van der Waals surface area contributed by atoms with Crippen molar-refractivity contribution < 1.29 is 75.2 Å². The summed E-state index contributed by atoms with van der Waals surface area (Å²) in [5, 5.41) is 0. The van der Waals surface area contributed by atoms with Gasteiger partial charge in [-0.25, -0.2) is 13.2 Å². The number of ether oxygens (including phenoxy) is 5. The molecule has 4 aromatic carbocycles. The van der Waals surface area contributed by atoms with Crippen LogP contribution in [0.4, 0.5) is 0 Å². The van der Waals surface area contributed by atoms with Crippen molar-refractivity contribution in [1.29, 1.82) is 0 Å². The summed E-state index contributed by atoms with van der Waals surface area (Å²) in [7, 11) is -5.27. The second-order valence-electron chi connectivity index (χ2n) is 10.3. The molecule has 0 unspecified atom stereocenters. The Morgan fingerprint density at radius 1 is 0.630 bits per heavy atom. The van der Waals surface area contributed by atoms with Gasteiger partial charge in [0.15, 0.2) is 6.29 Å². The first-order valence-corrected chi connectivity index (χ1v) is 15.7. The zero-order chi connectivity index (χ0) is 31.5. The summed E-state index contributed by atoms with van der Waals surface area (Å²) in [6.07, 6.45) is -6.22. The Balaban J connectivity index is 0.00000480. The number of benzene rings is 4. The predicted molar refractivity (Wildman–Crippen MR) is 161 cm³/mol. The number of carbonyl (C=O) groups is 1. The van der Waals surface area contributed by atoms with E-state index in [2.05, 4.69) is 0 Å². The Labute approximate surface area is 290 Å². The van der Waals surface area contributed by atoms with Crippen LogP contribution in [-0.2, 0) is 58.1 Å². The molecule has 1 saturated heterocycles. The van der Waals surface area contributed by atoms with E-state index >= 15 is 0 Å². The first kappa shape index (κ1) is 35.9. The molecule has 0 saturated carbocycles. The summed E-state index contributed by atoms with van der Waals surface area (Å²) in [5.41, 5.74) is 2.73. The van der Waals surface area contributed by atoms with Crippen LogP contribution < -0.4 is 29.6 Å². The van der Waals surface area contributed by atoms with E-state index in [1.165, 1.54) is 0 Å². The van der Waals surface area contributed by atoms with Crippen LogP contribution in [0.25, 0.3) is 0 Å². The monoisotopic (exact) mass is 656 g/mol. The summed E-state index contributed by atoms with van der Waals surface area (Å²) < 4.78 is 71.7. The van der Waals surface area contributed by atoms with Crippen molar-refractivity contribution in [1.82, 2.24) is 0 Å². The van der Waals surface area contributed by atoms with Crippen LogP contribution in [0.5, 0.6) is 0 Å². The Morgan fingerprint density at radius 3 is 1.54 bits per heavy atom. The molecule has 1 aliphatic rings. The molecule has 12 heteroatoms. The van der Waals surface area contributed by atoms with Gasteiger partial charge in [-0.05, 0) is 28.8 Å². The number of hydrogen-bond acceptors (Lipinski definition) is 10. The number of hydrogen-bond donors (Lipinski definition) is 0. The summed E-state index contributed by atoms with van der Waals surface area (Å²) >= 11 is 0. The first-order valence-electron chi connectivity index (χ1n) is 14.3. The molecule has 1 fully saturated rings. The molecule has 1 heterocycles. The van der Waals surface area contributed by atoms with E-state index in [4.69, 9.17) is 27.9 Å². The van der Waals surface area contributed by atoms with Crippen molar-refractivity contribution in [2.75, 3.05) is 6.61 Å². The zero-order valence-electron chi connectivity index (χ0n) is 25.3. The van der Waals surface area contributed by atoms with E-state index < -0.39 is 53.7 Å². The predicted octanol–water partition coefficient (Wildman–Crippen LogP) is 1.81. The SMILES string of the molecule is O=C(OC[C@H]1O[C@@H](OCc2ccccc2)[C@H](OCc2ccccc2)[C@@H](OCc2ccccc2)[C@H]1OS(=O)(=O)[O-])c1ccccc1.[Na+]. The van der Waals surface area contributed by atoms with Crippen molar-refractivity contribution in [2.24, 2.45) is 0 Å². The fourth-order valence-electron chi connectivity index (χ4n) is 4.87. The fourth-order valence-corrected chi connectivity index (χ4v) is 5.37. The third-order valence-corrected chi connectivity index (χ3v) is 7.49. The molecule has 0 aliphatic carbocycles. The zero-order valence-corrected chi connectivity index (χ0v) is 28.1. The molecule has 0 spiro atoms. The smallest absolute Gasteiger partial charge is 0.726 e. The molecule has 0 radical (unpaired) electrons. The minimum Gasteiger partial charge on any atom is -0.726 e. The molecule has 0 bridgehead atoms. The topological polar surface area (TPSA) is 130 Å². The van der Waals surface area contributed by atoms with Gasteiger partial charge in [0.1, 0.15) is 31.0 Å². The Kier molecular flexibility index (Phi) is 13.9. The normalized spacial score (nSPS) is 21.2. The second kappa shape index (κ2) is 17.8. The molecule has 236 valence electrons. The van der Waals surface area contributed by atoms with Crippen molar-refractivity contribution in [3.8, 4) is 0 Å². The molecule has 4 aromatic rings. The molecule has 0 aromatic heterocycles. The number of rotatable bonds is 14. The van der Waals surface area contributed by atoms with Gasteiger partial charge in [0.25, 0.3) is 0 Å². The molecule has 0 N–H and O–H groups in total. The molecule has 0 amide bonds. The van der Waals surface area contributed by atoms with Crippen LogP contribution in [0, 0.1) is 0 Å².